The summed E-state index contributed by atoms with van der Waals surface area (Å²) in [4.78, 5) is 32.6. The molecule has 0 bridgehead atoms. The van der Waals surface area contributed by atoms with Crippen LogP contribution in [0.3, 0.4) is 0 Å². The van der Waals surface area contributed by atoms with E-state index in [4.69, 9.17) is 26.0 Å². The lowest BCUT2D eigenvalue weighted by Crippen LogP contribution is -2.12. The van der Waals surface area contributed by atoms with Crippen molar-refractivity contribution in [3.63, 3.8) is 0 Å². The van der Waals surface area contributed by atoms with Gasteiger partial charge in [0.2, 0.25) is 39.3 Å². The molecule has 0 fully saturated rings. The van der Waals surface area contributed by atoms with E-state index in [0.717, 1.165) is 34.7 Å². The Balaban J connectivity index is 0.000000141. The predicted molar refractivity (Wildman–Crippen MR) is 239 cm³/mol. The first-order valence-corrected chi connectivity index (χ1v) is 21.5. The molecule has 10 rings (SSSR count). The van der Waals surface area contributed by atoms with Crippen LogP contribution in [0.15, 0.2) is 148 Å². The summed E-state index contributed by atoms with van der Waals surface area (Å²) in [5, 5.41) is 11.1. The maximum absolute atomic E-state index is 11.4. The number of nitrogens with one attached hydrogen (secondary N) is 1. The minimum Gasteiger partial charge on any atom is -0.461 e. The highest BCUT2D eigenvalue weighted by Gasteiger charge is 2.19. The van der Waals surface area contributed by atoms with Crippen LogP contribution in [0.2, 0.25) is 0 Å². The molecule has 21 heteroatoms. The largest absolute Gasteiger partial charge is 0.461 e. The van der Waals surface area contributed by atoms with Gasteiger partial charge in [-0.3, -0.25) is 9.97 Å². The van der Waals surface area contributed by atoms with Gasteiger partial charge in [-0.1, -0.05) is 48.5 Å². The van der Waals surface area contributed by atoms with Gasteiger partial charge in [0, 0.05) is 37.6 Å². The van der Waals surface area contributed by atoms with Crippen LogP contribution in [0.25, 0.3) is 57.0 Å². The SMILES string of the molecule is CS(=O)(=O)c1nc(N)n2nc(-c3ccco3)nc2n1.NCCc1ccc(-c2ccncc2)cc1.Nc1nc(NCCc2ccc(-c3ccncc3)cc2)nc2nc(-c3ccco3)nn12. The van der Waals surface area contributed by atoms with E-state index in [9.17, 15) is 8.42 Å². The summed E-state index contributed by atoms with van der Waals surface area (Å²) in [6.45, 7) is 1.36. The van der Waals surface area contributed by atoms with Crippen LogP contribution in [0, 0.1) is 0 Å². The first kappa shape index (κ1) is 42.3. The molecule has 0 aliphatic rings. The molecule has 0 amide bonds. The topological polar surface area (TPSA) is 288 Å². The molecule has 0 spiro atoms. The van der Waals surface area contributed by atoms with Crippen LogP contribution in [0.4, 0.5) is 17.8 Å². The number of fused-ring (bicyclic) bond motifs is 2. The van der Waals surface area contributed by atoms with Gasteiger partial charge in [-0.05, 0) is 101 Å². The Bertz CT molecular complexity index is 3180. The molecule has 0 aliphatic carbocycles. The number of sulfone groups is 1. The fraction of sp³-hybridized carbons (Fsp3) is 0.116. The molecule has 0 aliphatic heterocycles. The van der Waals surface area contributed by atoms with Gasteiger partial charge in [-0.25, -0.2) is 8.42 Å². The van der Waals surface area contributed by atoms with Crippen molar-refractivity contribution in [2.45, 2.75) is 18.0 Å². The minimum absolute atomic E-state index is 0.0410. The second-order valence-electron chi connectivity index (χ2n) is 13.9. The van der Waals surface area contributed by atoms with Gasteiger partial charge in [0.15, 0.2) is 11.5 Å². The van der Waals surface area contributed by atoms with E-state index >= 15 is 0 Å². The third-order valence-corrected chi connectivity index (χ3v) is 10.2. The summed E-state index contributed by atoms with van der Waals surface area (Å²) in [6, 6.07) is 31.9. The van der Waals surface area contributed by atoms with Crippen molar-refractivity contribution < 1.29 is 17.3 Å². The quantitative estimate of drug-likeness (QED) is 0.131. The zero-order chi connectivity index (χ0) is 44.5. The van der Waals surface area contributed by atoms with Crippen LogP contribution in [-0.4, -0.2) is 86.9 Å². The molecule has 0 atom stereocenters. The number of aromatic nitrogens is 12. The van der Waals surface area contributed by atoms with Crippen LogP contribution < -0.4 is 22.5 Å². The number of nitrogens with two attached hydrogens (primary N) is 3. The predicted octanol–water partition coefficient (Wildman–Crippen LogP) is 5.09. The molecular formula is C43H40N16O4S. The fourth-order valence-electron chi connectivity index (χ4n) is 6.16. The van der Waals surface area contributed by atoms with E-state index in [1.54, 1.807) is 42.9 Å². The summed E-state index contributed by atoms with van der Waals surface area (Å²) in [5.41, 5.74) is 24.4. The molecule has 0 radical (unpaired) electrons. The van der Waals surface area contributed by atoms with Gasteiger partial charge in [-0.2, -0.15) is 38.9 Å². The third kappa shape index (κ3) is 10.2. The van der Waals surface area contributed by atoms with Crippen LogP contribution in [0.1, 0.15) is 11.1 Å². The first-order valence-electron chi connectivity index (χ1n) is 19.6. The van der Waals surface area contributed by atoms with Gasteiger partial charge in [0.1, 0.15) is 0 Å². The van der Waals surface area contributed by atoms with Gasteiger partial charge in [0.05, 0.1) is 12.5 Å². The van der Waals surface area contributed by atoms with Crippen LogP contribution >= 0.6 is 0 Å². The smallest absolute Gasteiger partial charge is 0.259 e. The lowest BCUT2D eigenvalue weighted by molar-refractivity contribution is 0.577. The summed E-state index contributed by atoms with van der Waals surface area (Å²) >= 11 is 0. The van der Waals surface area contributed by atoms with Crippen LogP contribution in [-0.2, 0) is 22.7 Å². The Morgan fingerprint density at radius 1 is 0.578 bits per heavy atom. The average molecular weight is 877 g/mol. The molecule has 8 aromatic heterocycles. The molecule has 8 heterocycles. The zero-order valence-electron chi connectivity index (χ0n) is 34.2. The monoisotopic (exact) mass is 876 g/mol. The van der Waals surface area contributed by atoms with E-state index in [-0.39, 0.29) is 23.5 Å². The number of furan rings is 2. The first-order chi connectivity index (χ1) is 31.1. The van der Waals surface area contributed by atoms with Crippen molar-refractivity contribution in [2.24, 2.45) is 5.73 Å². The normalized spacial score (nSPS) is 11.2. The molecule has 20 nitrogen and oxygen atoms in total. The second-order valence-corrected chi connectivity index (χ2v) is 15.8. The lowest BCUT2D eigenvalue weighted by atomic mass is 10.0. The van der Waals surface area contributed by atoms with E-state index in [1.165, 1.54) is 33.0 Å². The number of benzene rings is 2. The minimum atomic E-state index is -3.57. The highest BCUT2D eigenvalue weighted by Crippen LogP contribution is 2.22. The summed E-state index contributed by atoms with van der Waals surface area (Å²) < 4.78 is 35.8. The highest BCUT2D eigenvalue weighted by atomic mass is 32.2. The number of anilines is 3. The molecule has 322 valence electrons. The zero-order valence-corrected chi connectivity index (χ0v) is 35.0. The summed E-state index contributed by atoms with van der Waals surface area (Å²) in [5.74, 6) is 2.52. The highest BCUT2D eigenvalue weighted by molar-refractivity contribution is 7.90. The molecular weight excluding hydrogens is 837 g/mol. The molecule has 7 N–H and O–H groups in total. The van der Waals surface area contributed by atoms with E-state index in [0.29, 0.717) is 42.2 Å². The fourth-order valence-corrected chi connectivity index (χ4v) is 6.67. The summed E-state index contributed by atoms with van der Waals surface area (Å²) in [6.07, 6.45) is 13.0. The van der Waals surface area contributed by atoms with Crippen molar-refractivity contribution in [1.29, 1.82) is 0 Å². The number of rotatable bonds is 11. The van der Waals surface area contributed by atoms with Gasteiger partial charge in [0.25, 0.3) is 16.7 Å². The lowest BCUT2D eigenvalue weighted by Gasteiger charge is -2.07. The number of nitrogens with zero attached hydrogens (tertiary/aromatic N) is 12. The van der Waals surface area contributed by atoms with Gasteiger partial charge >= 0.3 is 0 Å². The van der Waals surface area contributed by atoms with Crippen molar-refractivity contribution in [3.05, 3.63) is 146 Å². The Morgan fingerprint density at radius 3 is 1.52 bits per heavy atom. The maximum Gasteiger partial charge on any atom is 0.259 e. The maximum atomic E-state index is 11.4. The number of nitrogen functional groups attached to an aromatic ring is 2. The van der Waals surface area contributed by atoms with E-state index in [1.807, 2.05) is 36.7 Å². The molecule has 64 heavy (non-hydrogen) atoms. The number of hydrogen-bond donors (Lipinski definition) is 4. The van der Waals surface area contributed by atoms with E-state index in [2.05, 4.69) is 104 Å². The number of hydrogen-bond acceptors (Lipinski definition) is 18. The number of pyridine rings is 2. The molecule has 0 saturated carbocycles. The van der Waals surface area contributed by atoms with E-state index < -0.39 is 15.0 Å². The molecule has 0 unspecified atom stereocenters. The third-order valence-electron chi connectivity index (χ3n) is 9.33. The van der Waals surface area contributed by atoms with Crippen molar-refractivity contribution in [2.75, 3.05) is 36.1 Å². The molecule has 0 saturated heterocycles. The van der Waals surface area contributed by atoms with Crippen LogP contribution in [0.5, 0.6) is 0 Å². The standard InChI is InChI=1S/C21H18N8O.C13H14N2.C9H8N6O3S/c22-19-26-20(27-21-25-18(28-29(19)21)17-2-1-13-30-17)24-12-7-14-3-5-15(6-4-14)16-8-10-23-11-9-16;14-8-5-11-1-3-12(4-2-11)13-6-9-15-10-7-13;1-19(16,17)9-12-7(10)15-8(13-9)11-6(14-15)5-3-2-4-18-5/h1-6,8-11,13H,7,12H2,(H3,22,24,25,26,27,28);1-4,6-7,9-10H,5,8,14H2;2-4H,1H3,(H2,10,11,12,13,14). The Labute approximate surface area is 365 Å². The molecule has 2 aromatic carbocycles. The average Bonchev–Trinajstić information content (AvgIpc) is 4.16. The Kier molecular flexibility index (Phi) is 12.6. The van der Waals surface area contributed by atoms with Crippen molar-refractivity contribution in [3.8, 4) is 45.4 Å². The van der Waals surface area contributed by atoms with Gasteiger partial charge in [-0.15, -0.1) is 10.2 Å². The molecule has 10 aromatic rings. The van der Waals surface area contributed by atoms with Gasteiger partial charge < -0.3 is 31.4 Å². The van der Waals surface area contributed by atoms with Crippen molar-refractivity contribution >= 4 is 39.2 Å². The Morgan fingerprint density at radius 2 is 1.05 bits per heavy atom. The second kappa shape index (κ2) is 19.1. The summed E-state index contributed by atoms with van der Waals surface area (Å²) in [7, 11) is -3.57. The Hall–Kier alpha value is -8.43. The van der Waals surface area contributed by atoms with Crippen molar-refractivity contribution in [1.82, 2.24) is 59.1 Å².